The molecule has 4 N–H and O–H groups in total. The molecule has 1 aliphatic rings. The molecule has 0 aliphatic carbocycles. The van der Waals surface area contributed by atoms with Gasteiger partial charge >= 0.3 is 0 Å². The SMILES string of the molecule is CCN(CC)c1ccc(/C=C(\C#N)S(=O)(=O)N[C@H]2CO[C@H](CO)[C@@H](O)[C@@H]2O)cc1. The maximum atomic E-state index is 12.6. The van der Waals surface area contributed by atoms with E-state index in [4.69, 9.17) is 9.84 Å². The third-order valence-electron chi connectivity index (χ3n) is 4.84. The number of aliphatic hydroxyl groups excluding tert-OH is 3. The van der Waals surface area contributed by atoms with Crippen molar-refractivity contribution in [1.82, 2.24) is 4.72 Å². The van der Waals surface area contributed by atoms with Crippen molar-refractivity contribution in [1.29, 1.82) is 5.26 Å². The minimum atomic E-state index is -4.26. The first-order chi connectivity index (χ1) is 13.8. The van der Waals surface area contributed by atoms with Crippen LogP contribution in [0.2, 0.25) is 0 Å². The van der Waals surface area contributed by atoms with Gasteiger partial charge in [-0.2, -0.15) is 5.26 Å². The number of anilines is 1. The Bertz CT molecular complexity index is 846. The molecule has 0 unspecified atom stereocenters. The van der Waals surface area contributed by atoms with E-state index in [0.717, 1.165) is 18.8 Å². The smallest absolute Gasteiger partial charge is 0.251 e. The van der Waals surface area contributed by atoms with Crippen LogP contribution in [0.5, 0.6) is 0 Å². The molecule has 160 valence electrons. The zero-order valence-corrected chi connectivity index (χ0v) is 17.2. The fourth-order valence-corrected chi connectivity index (χ4v) is 4.25. The Labute approximate surface area is 170 Å². The van der Waals surface area contributed by atoms with Gasteiger partial charge < -0.3 is 25.0 Å². The minimum absolute atomic E-state index is 0.250. The predicted molar refractivity (Wildman–Crippen MR) is 108 cm³/mol. The van der Waals surface area contributed by atoms with E-state index in [1.54, 1.807) is 18.2 Å². The molecule has 1 aromatic rings. The van der Waals surface area contributed by atoms with Crippen LogP contribution in [-0.2, 0) is 14.8 Å². The molecule has 1 saturated heterocycles. The highest BCUT2D eigenvalue weighted by molar-refractivity contribution is 7.93. The second kappa shape index (κ2) is 10.2. The lowest BCUT2D eigenvalue weighted by Gasteiger charge is -2.36. The quantitative estimate of drug-likeness (QED) is 0.419. The minimum Gasteiger partial charge on any atom is -0.394 e. The first-order valence-electron chi connectivity index (χ1n) is 9.35. The number of ether oxygens (including phenoxy) is 1. The lowest BCUT2D eigenvalue weighted by molar-refractivity contribution is -0.158. The first kappa shape index (κ1) is 23.3. The van der Waals surface area contributed by atoms with Gasteiger partial charge in [0.2, 0.25) is 0 Å². The number of benzene rings is 1. The molecule has 4 atom stereocenters. The molecular weight excluding hydrogens is 398 g/mol. The number of rotatable bonds is 8. The average molecular weight is 426 g/mol. The van der Waals surface area contributed by atoms with Crippen LogP contribution in [0.1, 0.15) is 19.4 Å². The van der Waals surface area contributed by atoms with Gasteiger partial charge in [-0.1, -0.05) is 12.1 Å². The number of aliphatic hydroxyl groups is 3. The molecule has 0 aromatic heterocycles. The Morgan fingerprint density at radius 3 is 2.41 bits per heavy atom. The summed E-state index contributed by atoms with van der Waals surface area (Å²) >= 11 is 0. The van der Waals surface area contributed by atoms with Crippen molar-refractivity contribution in [3.05, 3.63) is 34.7 Å². The molecule has 0 saturated carbocycles. The Balaban J connectivity index is 2.18. The zero-order chi connectivity index (χ0) is 21.6. The second-order valence-electron chi connectivity index (χ2n) is 6.65. The van der Waals surface area contributed by atoms with E-state index in [1.165, 1.54) is 6.08 Å². The van der Waals surface area contributed by atoms with Crippen LogP contribution < -0.4 is 9.62 Å². The van der Waals surface area contributed by atoms with Crippen molar-refractivity contribution < 1.29 is 28.5 Å². The van der Waals surface area contributed by atoms with Gasteiger partial charge in [-0.05, 0) is 37.6 Å². The molecule has 29 heavy (non-hydrogen) atoms. The summed E-state index contributed by atoms with van der Waals surface area (Å²) in [4.78, 5) is 1.60. The second-order valence-corrected chi connectivity index (χ2v) is 8.33. The van der Waals surface area contributed by atoms with Gasteiger partial charge in [0.05, 0.1) is 19.3 Å². The average Bonchev–Trinajstić information content (AvgIpc) is 2.71. The molecule has 1 aromatic carbocycles. The van der Waals surface area contributed by atoms with Crippen LogP contribution in [0.25, 0.3) is 6.08 Å². The summed E-state index contributed by atoms with van der Waals surface area (Å²) in [5.41, 5.74) is 1.52. The maximum Gasteiger partial charge on any atom is 0.251 e. The van der Waals surface area contributed by atoms with Gasteiger partial charge in [-0.25, -0.2) is 13.1 Å². The fourth-order valence-electron chi connectivity index (χ4n) is 3.10. The van der Waals surface area contributed by atoms with Crippen LogP contribution in [0.4, 0.5) is 5.69 Å². The van der Waals surface area contributed by atoms with Gasteiger partial charge in [0.25, 0.3) is 10.0 Å². The summed E-state index contributed by atoms with van der Waals surface area (Å²) in [6, 6.07) is 7.63. The van der Waals surface area contributed by atoms with Crippen LogP contribution >= 0.6 is 0 Å². The normalized spacial score (nSPS) is 25.4. The molecule has 0 spiro atoms. The molecule has 0 amide bonds. The topological polar surface area (TPSA) is 143 Å². The number of nitrogens with zero attached hydrogens (tertiary/aromatic N) is 2. The largest absolute Gasteiger partial charge is 0.394 e. The Morgan fingerprint density at radius 1 is 1.28 bits per heavy atom. The molecule has 10 heteroatoms. The van der Waals surface area contributed by atoms with E-state index >= 15 is 0 Å². The molecular formula is C19H27N3O6S. The Hall–Kier alpha value is -2.00. The van der Waals surface area contributed by atoms with E-state index in [0.29, 0.717) is 5.56 Å². The lowest BCUT2D eigenvalue weighted by Crippen LogP contribution is -2.59. The van der Waals surface area contributed by atoms with Crippen molar-refractivity contribution in [2.75, 3.05) is 31.2 Å². The third-order valence-corrected chi connectivity index (χ3v) is 6.24. The van der Waals surface area contributed by atoms with Crippen molar-refractivity contribution >= 4 is 21.8 Å². The van der Waals surface area contributed by atoms with Gasteiger partial charge in [0.15, 0.2) is 4.91 Å². The first-order valence-corrected chi connectivity index (χ1v) is 10.8. The number of allylic oxidation sites excluding steroid dienone is 1. The highest BCUT2D eigenvalue weighted by Crippen LogP contribution is 2.20. The summed E-state index contributed by atoms with van der Waals surface area (Å²) in [7, 11) is -4.26. The number of nitrogens with one attached hydrogen (secondary N) is 1. The van der Waals surface area contributed by atoms with Crippen molar-refractivity contribution in [2.24, 2.45) is 0 Å². The van der Waals surface area contributed by atoms with E-state index < -0.39 is 45.9 Å². The molecule has 0 bridgehead atoms. The van der Waals surface area contributed by atoms with Gasteiger partial charge in [-0.15, -0.1) is 0 Å². The molecule has 1 heterocycles. The summed E-state index contributed by atoms with van der Waals surface area (Å²) in [6.07, 6.45) is -2.70. The summed E-state index contributed by atoms with van der Waals surface area (Å²) in [5.74, 6) is 0. The highest BCUT2D eigenvalue weighted by atomic mass is 32.2. The standard InChI is InChI=1S/C19H27N3O6S/c1-3-22(4-2)14-7-5-13(6-8-14)9-15(10-20)29(26,27)21-16-12-28-17(11-23)19(25)18(16)24/h5-9,16-19,21,23-25H,3-4,11-12H2,1-2H3/b15-9+/t16-,17+,18+,19+/m0/s1. The highest BCUT2D eigenvalue weighted by Gasteiger charge is 2.40. The summed E-state index contributed by atoms with van der Waals surface area (Å²) in [6.45, 7) is 4.98. The van der Waals surface area contributed by atoms with Gasteiger partial charge in [-0.3, -0.25) is 0 Å². The number of hydrogen-bond donors (Lipinski definition) is 4. The summed E-state index contributed by atoms with van der Waals surface area (Å²) in [5, 5.41) is 38.4. The number of sulfonamides is 1. The zero-order valence-electron chi connectivity index (χ0n) is 16.4. The van der Waals surface area contributed by atoms with E-state index in [2.05, 4.69) is 9.62 Å². The van der Waals surface area contributed by atoms with Crippen LogP contribution in [-0.4, -0.2) is 74.4 Å². The molecule has 0 radical (unpaired) electrons. The molecule has 9 nitrogen and oxygen atoms in total. The number of nitriles is 1. The Kier molecular flexibility index (Phi) is 8.15. The van der Waals surface area contributed by atoms with Crippen molar-refractivity contribution in [2.45, 2.75) is 38.2 Å². The number of hydrogen-bond acceptors (Lipinski definition) is 8. The van der Waals surface area contributed by atoms with Crippen LogP contribution in [0.15, 0.2) is 29.2 Å². The third kappa shape index (κ3) is 5.54. The van der Waals surface area contributed by atoms with Crippen LogP contribution in [0.3, 0.4) is 0 Å². The van der Waals surface area contributed by atoms with E-state index in [9.17, 15) is 23.9 Å². The summed E-state index contributed by atoms with van der Waals surface area (Å²) < 4.78 is 32.6. The molecule has 2 rings (SSSR count). The van der Waals surface area contributed by atoms with Crippen LogP contribution in [0, 0.1) is 11.3 Å². The monoisotopic (exact) mass is 425 g/mol. The fraction of sp³-hybridized carbons (Fsp3) is 0.526. The predicted octanol–water partition coefficient (Wildman–Crippen LogP) is -0.202. The molecule has 1 aliphatic heterocycles. The Morgan fingerprint density at radius 2 is 1.90 bits per heavy atom. The van der Waals surface area contributed by atoms with Crippen molar-refractivity contribution in [3.8, 4) is 6.07 Å². The molecule has 1 fully saturated rings. The van der Waals surface area contributed by atoms with Gasteiger partial charge in [0.1, 0.15) is 24.4 Å². The van der Waals surface area contributed by atoms with E-state index in [1.807, 2.05) is 26.0 Å². The van der Waals surface area contributed by atoms with Gasteiger partial charge in [0, 0.05) is 18.8 Å². The van der Waals surface area contributed by atoms with E-state index in [-0.39, 0.29) is 6.61 Å². The van der Waals surface area contributed by atoms with Crippen molar-refractivity contribution in [3.63, 3.8) is 0 Å². The maximum absolute atomic E-state index is 12.6. The lowest BCUT2D eigenvalue weighted by atomic mass is 9.99.